The molecule has 1 rings (SSSR count). The summed E-state index contributed by atoms with van der Waals surface area (Å²) in [6.07, 6.45) is 1.25. The molecule has 0 radical (unpaired) electrons. The summed E-state index contributed by atoms with van der Waals surface area (Å²) in [5, 5.41) is 1.60. The van der Waals surface area contributed by atoms with Gasteiger partial charge >= 0.3 is 0 Å². The van der Waals surface area contributed by atoms with Crippen LogP contribution in [0.15, 0.2) is 0 Å². The van der Waals surface area contributed by atoms with Gasteiger partial charge in [0.25, 0.3) is 0 Å². The predicted octanol–water partition coefficient (Wildman–Crippen LogP) is 1.80. The third kappa shape index (κ3) is 4.20. The quantitative estimate of drug-likeness (QED) is 0.777. The van der Waals surface area contributed by atoms with Crippen LogP contribution in [0.5, 0.6) is 0 Å². The fourth-order valence-corrected chi connectivity index (χ4v) is 3.37. The van der Waals surface area contributed by atoms with Gasteiger partial charge in [-0.25, -0.2) is 0 Å². The van der Waals surface area contributed by atoms with Gasteiger partial charge in [-0.1, -0.05) is 20.8 Å². The summed E-state index contributed by atoms with van der Waals surface area (Å²) in [7, 11) is 0. The minimum absolute atomic E-state index is 0.676. The van der Waals surface area contributed by atoms with Gasteiger partial charge in [0.05, 0.1) is 0 Å². The van der Waals surface area contributed by atoms with E-state index in [0.29, 0.717) is 5.92 Å². The molecule has 1 aliphatic rings. The first-order valence-electron chi connectivity index (χ1n) is 5.69. The highest BCUT2D eigenvalue weighted by molar-refractivity contribution is 8.00. The van der Waals surface area contributed by atoms with E-state index in [9.17, 15) is 0 Å². The van der Waals surface area contributed by atoms with E-state index in [-0.39, 0.29) is 0 Å². The zero-order valence-corrected chi connectivity index (χ0v) is 10.5. The Morgan fingerprint density at radius 2 is 1.93 bits per heavy atom. The maximum Gasteiger partial charge on any atom is 0.0149 e. The third-order valence-electron chi connectivity index (χ3n) is 2.84. The minimum atomic E-state index is 0.676. The van der Waals surface area contributed by atoms with Crippen LogP contribution in [-0.2, 0) is 0 Å². The van der Waals surface area contributed by atoms with E-state index in [1.54, 1.807) is 0 Å². The topological polar surface area (TPSA) is 29.3 Å². The molecule has 2 N–H and O–H groups in total. The molecule has 1 aliphatic heterocycles. The molecular weight excluding hydrogens is 192 g/mol. The van der Waals surface area contributed by atoms with Crippen molar-refractivity contribution < 1.29 is 0 Å². The van der Waals surface area contributed by atoms with Crippen molar-refractivity contribution in [3.8, 4) is 0 Å². The maximum absolute atomic E-state index is 5.62. The lowest BCUT2D eigenvalue weighted by molar-refractivity contribution is 0.253. The largest absolute Gasteiger partial charge is 0.330 e. The molecule has 0 saturated carbocycles. The van der Waals surface area contributed by atoms with E-state index in [2.05, 4.69) is 37.4 Å². The molecule has 0 amide bonds. The summed E-state index contributed by atoms with van der Waals surface area (Å²) in [5.41, 5.74) is 5.62. The van der Waals surface area contributed by atoms with Crippen LogP contribution in [0.3, 0.4) is 0 Å². The summed E-state index contributed by atoms with van der Waals surface area (Å²) < 4.78 is 0. The number of nitrogens with zero attached hydrogens (tertiary/aromatic N) is 1. The Bertz CT molecular complexity index is 153. The second-order valence-corrected chi connectivity index (χ2v) is 6.53. The molecule has 1 saturated heterocycles. The van der Waals surface area contributed by atoms with Gasteiger partial charge in [-0.2, -0.15) is 11.8 Å². The predicted molar refractivity (Wildman–Crippen MR) is 65.8 cm³/mol. The lowest BCUT2D eigenvalue weighted by Gasteiger charge is -2.35. The fourth-order valence-electron chi connectivity index (χ4n) is 1.99. The zero-order valence-electron chi connectivity index (χ0n) is 9.70. The van der Waals surface area contributed by atoms with Gasteiger partial charge in [-0.15, -0.1) is 0 Å². The lowest BCUT2D eigenvalue weighted by atomic mass is 10.1. The van der Waals surface area contributed by atoms with E-state index >= 15 is 0 Å². The Balaban J connectivity index is 2.23. The number of hydrogen-bond donors (Lipinski definition) is 1. The molecule has 14 heavy (non-hydrogen) atoms. The van der Waals surface area contributed by atoms with Crippen LogP contribution < -0.4 is 5.73 Å². The second kappa shape index (κ2) is 5.99. The van der Waals surface area contributed by atoms with Crippen LogP contribution in [0.2, 0.25) is 0 Å². The normalized spacial score (nSPS) is 31.7. The monoisotopic (exact) mass is 216 g/mol. The van der Waals surface area contributed by atoms with Crippen LogP contribution in [0.25, 0.3) is 0 Å². The van der Waals surface area contributed by atoms with E-state index in [1.807, 2.05) is 0 Å². The Hall–Kier alpha value is 0.270. The molecule has 1 fully saturated rings. The standard InChI is InChI=1S/C11H24N2S/c1-9(6-12)4-5-13-7-10(2)14-11(3)8-13/h9-11H,4-8,12H2,1-3H3. The van der Waals surface area contributed by atoms with E-state index in [4.69, 9.17) is 5.73 Å². The van der Waals surface area contributed by atoms with Crippen LogP contribution in [-0.4, -0.2) is 41.6 Å². The van der Waals surface area contributed by atoms with Crippen molar-refractivity contribution in [1.29, 1.82) is 0 Å². The van der Waals surface area contributed by atoms with Gasteiger partial charge < -0.3 is 10.6 Å². The second-order valence-electron chi connectivity index (χ2n) is 4.65. The zero-order chi connectivity index (χ0) is 10.6. The SMILES string of the molecule is CC(CN)CCN1CC(C)SC(C)C1. The maximum atomic E-state index is 5.62. The Morgan fingerprint density at radius 3 is 2.43 bits per heavy atom. The van der Waals surface area contributed by atoms with Crippen LogP contribution in [0.1, 0.15) is 27.2 Å². The van der Waals surface area contributed by atoms with Crippen LogP contribution in [0, 0.1) is 5.92 Å². The minimum Gasteiger partial charge on any atom is -0.330 e. The smallest absolute Gasteiger partial charge is 0.0149 e. The van der Waals surface area contributed by atoms with Gasteiger partial charge in [0.2, 0.25) is 0 Å². The highest BCUT2D eigenvalue weighted by Gasteiger charge is 2.21. The molecule has 0 aliphatic carbocycles. The first kappa shape index (κ1) is 12.3. The van der Waals surface area contributed by atoms with Crippen molar-refractivity contribution in [1.82, 2.24) is 4.90 Å². The van der Waals surface area contributed by atoms with Gasteiger partial charge in [0, 0.05) is 23.6 Å². The van der Waals surface area contributed by atoms with Crippen molar-refractivity contribution in [3.63, 3.8) is 0 Å². The molecule has 3 heteroatoms. The molecular formula is C11H24N2S. The molecule has 0 aromatic heterocycles. The van der Waals surface area contributed by atoms with E-state index in [0.717, 1.165) is 17.0 Å². The third-order valence-corrected chi connectivity index (χ3v) is 4.06. The molecule has 3 atom stereocenters. The summed E-state index contributed by atoms with van der Waals surface area (Å²) >= 11 is 2.12. The van der Waals surface area contributed by atoms with Crippen molar-refractivity contribution in [2.75, 3.05) is 26.2 Å². The van der Waals surface area contributed by atoms with Gasteiger partial charge in [-0.05, 0) is 25.4 Å². The molecule has 0 aromatic carbocycles. The highest BCUT2D eigenvalue weighted by Crippen LogP contribution is 2.24. The first-order valence-corrected chi connectivity index (χ1v) is 6.64. The molecule has 2 nitrogen and oxygen atoms in total. The summed E-state index contributed by atoms with van der Waals surface area (Å²) in [6, 6.07) is 0. The first-order chi connectivity index (χ1) is 6.61. The number of thioether (sulfide) groups is 1. The van der Waals surface area contributed by atoms with Crippen molar-refractivity contribution in [2.24, 2.45) is 11.7 Å². The van der Waals surface area contributed by atoms with Gasteiger partial charge in [0.1, 0.15) is 0 Å². The number of rotatable bonds is 4. The Kier molecular flexibility index (Phi) is 5.28. The van der Waals surface area contributed by atoms with Crippen LogP contribution in [0.4, 0.5) is 0 Å². The van der Waals surface area contributed by atoms with Crippen molar-refractivity contribution in [2.45, 2.75) is 37.7 Å². The van der Waals surface area contributed by atoms with E-state index in [1.165, 1.54) is 26.1 Å². The van der Waals surface area contributed by atoms with Crippen molar-refractivity contribution in [3.05, 3.63) is 0 Å². The average Bonchev–Trinajstić information content (AvgIpc) is 2.12. The summed E-state index contributed by atoms with van der Waals surface area (Å²) in [6.45, 7) is 11.5. The molecule has 0 spiro atoms. The molecule has 1 heterocycles. The Labute approximate surface area is 92.6 Å². The Morgan fingerprint density at radius 1 is 1.36 bits per heavy atom. The molecule has 3 unspecified atom stereocenters. The van der Waals surface area contributed by atoms with Gasteiger partial charge in [-0.3, -0.25) is 0 Å². The number of hydrogen-bond acceptors (Lipinski definition) is 3. The molecule has 84 valence electrons. The molecule has 0 bridgehead atoms. The lowest BCUT2D eigenvalue weighted by Crippen LogP contribution is -2.41. The van der Waals surface area contributed by atoms with Crippen LogP contribution >= 0.6 is 11.8 Å². The highest BCUT2D eigenvalue weighted by atomic mass is 32.2. The number of nitrogens with two attached hydrogens (primary N) is 1. The summed E-state index contributed by atoms with van der Waals surface area (Å²) in [4.78, 5) is 2.60. The fraction of sp³-hybridized carbons (Fsp3) is 1.00. The van der Waals surface area contributed by atoms with E-state index < -0.39 is 0 Å². The summed E-state index contributed by atoms with van der Waals surface area (Å²) in [5.74, 6) is 0.676. The van der Waals surface area contributed by atoms with Crippen molar-refractivity contribution >= 4 is 11.8 Å². The van der Waals surface area contributed by atoms with Gasteiger partial charge in [0.15, 0.2) is 0 Å². The average molecular weight is 216 g/mol. The molecule has 0 aromatic rings.